The van der Waals surface area contributed by atoms with E-state index in [1.54, 1.807) is 0 Å². The molecule has 12 heavy (non-hydrogen) atoms. The van der Waals surface area contributed by atoms with Crippen molar-refractivity contribution in [2.45, 2.75) is 39.3 Å². The van der Waals surface area contributed by atoms with Crippen molar-refractivity contribution in [2.75, 3.05) is 26.7 Å². The zero-order valence-electron chi connectivity index (χ0n) is 9.09. The highest BCUT2D eigenvalue weighted by Gasteiger charge is 2.29. The van der Waals surface area contributed by atoms with Crippen LogP contribution in [0.2, 0.25) is 0 Å². The Bertz CT molecular complexity index is 148. The summed E-state index contributed by atoms with van der Waals surface area (Å²) in [7, 11) is 2.20. The molecule has 0 N–H and O–H groups in total. The lowest BCUT2D eigenvalue weighted by atomic mass is 10.0. The second-order valence-electron chi connectivity index (χ2n) is 4.98. The fraction of sp³-hybridized carbons (Fsp3) is 1.00. The van der Waals surface area contributed by atoms with Crippen molar-refractivity contribution in [3.8, 4) is 0 Å². The Morgan fingerprint density at radius 1 is 1.17 bits per heavy atom. The molecule has 1 unspecified atom stereocenters. The molecule has 0 aromatic rings. The van der Waals surface area contributed by atoms with E-state index in [-0.39, 0.29) is 0 Å². The minimum atomic E-state index is 0.334. The molecule has 0 aliphatic carbocycles. The van der Waals surface area contributed by atoms with E-state index in [1.165, 1.54) is 19.6 Å². The average Bonchev–Trinajstić information content (AvgIpc) is 1.83. The number of hydrogen-bond acceptors (Lipinski definition) is 2. The van der Waals surface area contributed by atoms with Crippen molar-refractivity contribution in [3.63, 3.8) is 0 Å². The molecule has 0 spiro atoms. The van der Waals surface area contributed by atoms with E-state index in [9.17, 15) is 0 Å². The number of piperazine rings is 1. The van der Waals surface area contributed by atoms with Crippen LogP contribution >= 0.6 is 0 Å². The molecule has 0 aromatic heterocycles. The third-order valence-electron chi connectivity index (χ3n) is 2.69. The third-order valence-corrected chi connectivity index (χ3v) is 2.69. The maximum atomic E-state index is 2.59. The van der Waals surface area contributed by atoms with Crippen LogP contribution < -0.4 is 0 Å². The number of likely N-dealkylation sites (N-methyl/N-ethyl adjacent to an activating group) is 1. The first kappa shape index (κ1) is 10.0. The molecule has 1 fully saturated rings. The quantitative estimate of drug-likeness (QED) is 0.542. The van der Waals surface area contributed by atoms with Gasteiger partial charge in [-0.3, -0.25) is 4.90 Å². The Kier molecular flexibility index (Phi) is 2.79. The van der Waals surface area contributed by atoms with E-state index in [0.29, 0.717) is 11.6 Å². The topological polar surface area (TPSA) is 6.48 Å². The van der Waals surface area contributed by atoms with Crippen molar-refractivity contribution in [1.29, 1.82) is 0 Å². The van der Waals surface area contributed by atoms with Gasteiger partial charge < -0.3 is 4.90 Å². The molecule has 72 valence electrons. The molecule has 1 aliphatic rings. The van der Waals surface area contributed by atoms with E-state index in [1.807, 2.05) is 0 Å². The van der Waals surface area contributed by atoms with E-state index in [2.05, 4.69) is 44.5 Å². The van der Waals surface area contributed by atoms with Gasteiger partial charge in [-0.15, -0.1) is 0 Å². The number of rotatable bonds is 0. The highest BCUT2D eigenvalue weighted by molar-refractivity contribution is 4.86. The summed E-state index contributed by atoms with van der Waals surface area (Å²) in [5.41, 5.74) is 0.334. The number of hydrogen-bond donors (Lipinski definition) is 0. The minimum absolute atomic E-state index is 0.334. The fourth-order valence-corrected chi connectivity index (χ4v) is 2.14. The highest BCUT2D eigenvalue weighted by atomic mass is 15.3. The molecule has 1 atom stereocenters. The fourth-order valence-electron chi connectivity index (χ4n) is 2.14. The predicted molar refractivity (Wildman–Crippen MR) is 53.4 cm³/mol. The summed E-state index contributed by atoms with van der Waals surface area (Å²) in [5.74, 6) is 0. The number of nitrogens with zero attached hydrogens (tertiary/aromatic N) is 2. The summed E-state index contributed by atoms with van der Waals surface area (Å²) < 4.78 is 0. The van der Waals surface area contributed by atoms with Gasteiger partial charge in [0.2, 0.25) is 0 Å². The van der Waals surface area contributed by atoms with Gasteiger partial charge in [-0.25, -0.2) is 0 Å². The lowest BCUT2D eigenvalue weighted by Gasteiger charge is -2.45. The van der Waals surface area contributed by atoms with Crippen molar-refractivity contribution in [1.82, 2.24) is 9.80 Å². The summed E-state index contributed by atoms with van der Waals surface area (Å²) in [6, 6.07) is 0.698. The van der Waals surface area contributed by atoms with Gasteiger partial charge in [-0.1, -0.05) is 0 Å². The predicted octanol–water partition coefficient (Wildman–Crippen LogP) is 1.42. The molecule has 1 rings (SSSR count). The maximum Gasteiger partial charge on any atom is 0.0200 e. The molecule has 0 amide bonds. The van der Waals surface area contributed by atoms with Crippen LogP contribution in [0.15, 0.2) is 0 Å². The molecule has 0 bridgehead atoms. The summed E-state index contributed by atoms with van der Waals surface area (Å²) >= 11 is 0. The summed E-state index contributed by atoms with van der Waals surface area (Å²) in [4.78, 5) is 5.00. The van der Waals surface area contributed by atoms with Gasteiger partial charge in [0.15, 0.2) is 0 Å². The molecule has 0 radical (unpaired) electrons. The van der Waals surface area contributed by atoms with E-state index in [4.69, 9.17) is 0 Å². The van der Waals surface area contributed by atoms with Crippen LogP contribution in [0.4, 0.5) is 0 Å². The molecule has 1 aliphatic heterocycles. The van der Waals surface area contributed by atoms with Gasteiger partial charge in [0.05, 0.1) is 0 Å². The Morgan fingerprint density at radius 2 is 1.75 bits per heavy atom. The monoisotopic (exact) mass is 170 g/mol. The van der Waals surface area contributed by atoms with Crippen LogP contribution in [-0.2, 0) is 0 Å². The first-order valence-electron chi connectivity index (χ1n) is 4.86. The van der Waals surface area contributed by atoms with Gasteiger partial charge in [-0.2, -0.15) is 0 Å². The highest BCUT2D eigenvalue weighted by Crippen LogP contribution is 2.19. The first-order valence-corrected chi connectivity index (χ1v) is 4.86. The molecular formula is C10H22N2. The van der Waals surface area contributed by atoms with Gasteiger partial charge in [-0.05, 0) is 34.7 Å². The van der Waals surface area contributed by atoms with Gasteiger partial charge in [0.25, 0.3) is 0 Å². The van der Waals surface area contributed by atoms with Gasteiger partial charge >= 0.3 is 0 Å². The van der Waals surface area contributed by atoms with E-state index >= 15 is 0 Å². The SMILES string of the molecule is CC1CN(C)CCN1C(C)(C)C. The zero-order chi connectivity index (χ0) is 9.35. The van der Waals surface area contributed by atoms with Crippen molar-refractivity contribution in [2.24, 2.45) is 0 Å². The second kappa shape index (κ2) is 3.35. The summed E-state index contributed by atoms with van der Waals surface area (Å²) in [6.07, 6.45) is 0. The van der Waals surface area contributed by atoms with E-state index in [0.717, 1.165) is 0 Å². The van der Waals surface area contributed by atoms with Crippen LogP contribution in [0.1, 0.15) is 27.7 Å². The molecule has 1 saturated heterocycles. The van der Waals surface area contributed by atoms with Crippen molar-refractivity contribution >= 4 is 0 Å². The first-order chi connectivity index (χ1) is 5.41. The largest absolute Gasteiger partial charge is 0.304 e. The van der Waals surface area contributed by atoms with Crippen LogP contribution in [0.5, 0.6) is 0 Å². The Hall–Kier alpha value is -0.0800. The minimum Gasteiger partial charge on any atom is -0.304 e. The summed E-state index contributed by atoms with van der Waals surface area (Å²) in [5, 5.41) is 0. The normalized spacial score (nSPS) is 29.2. The molecule has 2 heteroatoms. The van der Waals surface area contributed by atoms with Crippen LogP contribution in [0.3, 0.4) is 0 Å². The lowest BCUT2D eigenvalue weighted by molar-refractivity contribution is 0.0275. The average molecular weight is 170 g/mol. The maximum absolute atomic E-state index is 2.59. The van der Waals surface area contributed by atoms with Gasteiger partial charge in [0.1, 0.15) is 0 Å². The van der Waals surface area contributed by atoms with Crippen LogP contribution in [0.25, 0.3) is 0 Å². The second-order valence-corrected chi connectivity index (χ2v) is 4.98. The van der Waals surface area contributed by atoms with Gasteiger partial charge in [0, 0.05) is 31.2 Å². The molecule has 0 saturated carbocycles. The van der Waals surface area contributed by atoms with Crippen molar-refractivity contribution < 1.29 is 0 Å². The standard InChI is InChI=1S/C10H22N2/c1-9-8-11(5)6-7-12(9)10(2,3)4/h9H,6-8H2,1-5H3. The smallest absolute Gasteiger partial charge is 0.0200 e. The zero-order valence-corrected chi connectivity index (χ0v) is 9.09. The van der Waals surface area contributed by atoms with Crippen LogP contribution in [0, 0.1) is 0 Å². The molecule has 0 aromatic carbocycles. The Balaban J connectivity index is 2.57. The summed E-state index contributed by atoms with van der Waals surface area (Å²) in [6.45, 7) is 12.8. The Labute approximate surface area is 76.5 Å². The van der Waals surface area contributed by atoms with E-state index < -0.39 is 0 Å². The van der Waals surface area contributed by atoms with Crippen LogP contribution in [-0.4, -0.2) is 48.1 Å². The molecule has 1 heterocycles. The molecular weight excluding hydrogens is 148 g/mol. The third kappa shape index (κ3) is 2.20. The lowest BCUT2D eigenvalue weighted by Crippen LogP contribution is -2.57. The Morgan fingerprint density at radius 3 is 2.17 bits per heavy atom. The molecule has 2 nitrogen and oxygen atoms in total. The van der Waals surface area contributed by atoms with Crippen molar-refractivity contribution in [3.05, 3.63) is 0 Å².